The molecule has 0 aliphatic carbocycles. The molecule has 0 unspecified atom stereocenters. The summed E-state index contributed by atoms with van der Waals surface area (Å²) in [6.45, 7) is 1.11. The van der Waals surface area contributed by atoms with Crippen LogP contribution >= 0.6 is 0 Å². The van der Waals surface area contributed by atoms with Gasteiger partial charge in [0.25, 0.3) is 0 Å². The van der Waals surface area contributed by atoms with E-state index in [0.717, 1.165) is 0 Å². The van der Waals surface area contributed by atoms with Crippen LogP contribution in [0.2, 0.25) is 0 Å². The van der Waals surface area contributed by atoms with Crippen molar-refractivity contribution in [1.29, 1.82) is 0 Å². The summed E-state index contributed by atoms with van der Waals surface area (Å²) in [5.41, 5.74) is 5.09. The molecule has 0 aromatic heterocycles. The number of aliphatic carboxylic acids is 1. The van der Waals surface area contributed by atoms with Crippen LogP contribution in [-0.2, 0) is 43.2 Å². The van der Waals surface area contributed by atoms with Crippen molar-refractivity contribution in [2.24, 2.45) is 5.73 Å². The summed E-state index contributed by atoms with van der Waals surface area (Å²) in [6, 6.07) is -3.28. The average molecular weight is 574 g/mol. The highest BCUT2D eigenvalue weighted by Gasteiger charge is 2.19. The Morgan fingerprint density at radius 3 is 1.12 bits per heavy atom. The lowest BCUT2D eigenvalue weighted by Gasteiger charge is -2.15. The largest absolute Gasteiger partial charge is 0.480 e. The van der Waals surface area contributed by atoms with Gasteiger partial charge >= 0.3 is 5.97 Å². The van der Waals surface area contributed by atoms with E-state index in [1.165, 1.54) is 20.8 Å². The molecular weight excluding hydrogens is 538 g/mol. The lowest BCUT2D eigenvalue weighted by molar-refractivity contribution is -0.141. The first-order valence-electron chi connectivity index (χ1n) is 11.8. The summed E-state index contributed by atoms with van der Waals surface area (Å²) in [5.74, 6) is -6.90. The van der Waals surface area contributed by atoms with Crippen molar-refractivity contribution in [3.8, 4) is 0 Å². The first-order chi connectivity index (χ1) is 18.7. The maximum Gasteiger partial charge on any atom is 0.325 e. The summed E-state index contributed by atoms with van der Waals surface area (Å²) in [5, 5.41) is 26.5. The molecule has 0 aliphatic rings. The molecule has 40 heavy (non-hydrogen) atoms. The van der Waals surface area contributed by atoms with Crippen molar-refractivity contribution in [1.82, 2.24) is 42.5 Å². The summed E-state index contributed by atoms with van der Waals surface area (Å²) in [6.07, 6.45) is 0. The Morgan fingerprint density at radius 2 is 0.800 bits per heavy atom. The Balaban J connectivity index is 4.22. The Bertz CT molecular complexity index is 988. The molecule has 224 valence electrons. The van der Waals surface area contributed by atoms with Gasteiger partial charge < -0.3 is 53.4 Å². The molecule has 0 saturated carbocycles. The van der Waals surface area contributed by atoms with Crippen LogP contribution in [0.25, 0.3) is 0 Å². The van der Waals surface area contributed by atoms with Crippen LogP contribution in [0.5, 0.6) is 0 Å². The molecule has 0 radical (unpaired) electrons. The molecule has 0 heterocycles. The van der Waals surface area contributed by atoms with E-state index >= 15 is 0 Å². The van der Waals surface area contributed by atoms with Gasteiger partial charge in [-0.1, -0.05) is 0 Å². The van der Waals surface area contributed by atoms with Crippen LogP contribution in [0.3, 0.4) is 0 Å². The molecule has 11 N–H and O–H groups in total. The molecule has 8 amide bonds. The Hall–Kier alpha value is -4.81. The number of hydrogen-bond acceptors (Lipinski definition) is 10. The van der Waals surface area contributed by atoms with E-state index < -0.39 is 97.5 Å². The zero-order chi connectivity index (χ0) is 30.8. The van der Waals surface area contributed by atoms with Gasteiger partial charge in [0.05, 0.1) is 39.3 Å². The van der Waals surface area contributed by atoms with Crippen LogP contribution in [0.15, 0.2) is 0 Å². The molecule has 0 fully saturated rings. The van der Waals surface area contributed by atoms with E-state index in [0.29, 0.717) is 0 Å². The van der Waals surface area contributed by atoms with E-state index in [4.69, 9.17) is 10.8 Å². The topological polar surface area (TPSA) is 296 Å². The maximum atomic E-state index is 12.0. The first kappa shape index (κ1) is 35.2. The van der Waals surface area contributed by atoms with Gasteiger partial charge in [0, 0.05) is 0 Å². The number of hydrogen-bond donors (Lipinski definition) is 10. The SMILES string of the molecule is C[C@H](NC(=O)CNC(=O)CNC(=O)[C@H](C)NC(=O)CNC(=O)CNC(=O)[C@H](C)NC(=O)CNC(=O)CN)C(=O)O. The number of carboxylic acids is 1. The predicted molar refractivity (Wildman–Crippen MR) is 135 cm³/mol. The highest BCUT2D eigenvalue weighted by atomic mass is 16.4. The van der Waals surface area contributed by atoms with Crippen molar-refractivity contribution in [2.75, 3.05) is 39.3 Å². The van der Waals surface area contributed by atoms with Crippen molar-refractivity contribution in [3.05, 3.63) is 0 Å². The van der Waals surface area contributed by atoms with Gasteiger partial charge in [0.1, 0.15) is 18.1 Å². The van der Waals surface area contributed by atoms with Crippen LogP contribution in [-0.4, -0.2) is 116 Å². The number of carbonyl (C=O) groups is 9. The molecule has 0 aliphatic heterocycles. The zero-order valence-corrected chi connectivity index (χ0v) is 22.2. The Kier molecular flexibility index (Phi) is 16.2. The van der Waals surface area contributed by atoms with Crippen LogP contribution in [0, 0.1) is 0 Å². The molecule has 0 bridgehead atoms. The summed E-state index contributed by atoms with van der Waals surface area (Å²) in [4.78, 5) is 104. The van der Waals surface area contributed by atoms with E-state index in [1.54, 1.807) is 0 Å². The second-order valence-corrected chi connectivity index (χ2v) is 8.18. The van der Waals surface area contributed by atoms with Gasteiger partial charge in [-0.2, -0.15) is 0 Å². The second-order valence-electron chi connectivity index (χ2n) is 8.18. The molecule has 0 aromatic rings. The quantitative estimate of drug-likeness (QED) is 0.0779. The summed E-state index contributed by atoms with van der Waals surface area (Å²) in [7, 11) is 0. The molecular formula is C21H35N9O10. The molecule has 0 spiro atoms. The van der Waals surface area contributed by atoms with E-state index in [9.17, 15) is 43.2 Å². The number of rotatable bonds is 17. The average Bonchev–Trinajstić information content (AvgIpc) is 2.90. The fraction of sp³-hybridized carbons (Fsp3) is 0.571. The first-order valence-corrected chi connectivity index (χ1v) is 11.8. The number of carbonyl (C=O) groups excluding carboxylic acids is 8. The lowest BCUT2D eigenvalue weighted by Crippen LogP contribution is -2.51. The number of nitrogens with two attached hydrogens (primary N) is 1. The molecule has 0 rings (SSSR count). The number of carboxylic acid groups (broad SMARTS) is 1. The van der Waals surface area contributed by atoms with Gasteiger partial charge in [-0.25, -0.2) is 0 Å². The lowest BCUT2D eigenvalue weighted by atomic mass is 10.3. The number of nitrogens with one attached hydrogen (secondary N) is 8. The summed E-state index contributed by atoms with van der Waals surface area (Å²) >= 11 is 0. The van der Waals surface area contributed by atoms with Crippen molar-refractivity contribution < 1.29 is 48.3 Å². The Morgan fingerprint density at radius 1 is 0.500 bits per heavy atom. The summed E-state index contributed by atoms with van der Waals surface area (Å²) < 4.78 is 0. The normalized spacial score (nSPS) is 12.3. The minimum Gasteiger partial charge on any atom is -0.480 e. The third-order valence-electron chi connectivity index (χ3n) is 4.66. The molecule has 19 heteroatoms. The van der Waals surface area contributed by atoms with Gasteiger partial charge in [-0.15, -0.1) is 0 Å². The fourth-order valence-corrected chi connectivity index (χ4v) is 2.45. The minimum absolute atomic E-state index is 0.303. The van der Waals surface area contributed by atoms with Gasteiger partial charge in [0.15, 0.2) is 0 Å². The number of amides is 8. The molecule has 0 aromatic carbocycles. The van der Waals surface area contributed by atoms with E-state index in [-0.39, 0.29) is 13.1 Å². The second kappa shape index (κ2) is 18.4. The van der Waals surface area contributed by atoms with Crippen molar-refractivity contribution in [2.45, 2.75) is 38.9 Å². The van der Waals surface area contributed by atoms with Gasteiger partial charge in [0.2, 0.25) is 47.3 Å². The third kappa shape index (κ3) is 16.1. The van der Waals surface area contributed by atoms with Crippen molar-refractivity contribution >= 4 is 53.2 Å². The molecule has 19 nitrogen and oxygen atoms in total. The fourth-order valence-electron chi connectivity index (χ4n) is 2.45. The highest BCUT2D eigenvalue weighted by Crippen LogP contribution is 1.85. The zero-order valence-electron chi connectivity index (χ0n) is 22.2. The van der Waals surface area contributed by atoms with Crippen LogP contribution in [0.1, 0.15) is 20.8 Å². The minimum atomic E-state index is -1.25. The predicted octanol–water partition coefficient (Wildman–Crippen LogP) is -6.88. The molecule has 0 saturated heterocycles. The maximum absolute atomic E-state index is 12.0. The van der Waals surface area contributed by atoms with E-state index in [2.05, 4.69) is 42.5 Å². The third-order valence-corrected chi connectivity index (χ3v) is 4.66. The standard InChI is InChI=1S/C21H35N9O10/c1-10(28-16(34)7-23-13(31)4-22)19(37)26-5-14(32)24-8-17(35)29-11(2)20(38)27-6-15(33)25-9-18(36)30-12(3)21(39)40/h10-12H,4-9,22H2,1-3H3,(H,23,31)(H,24,32)(H,25,33)(H,26,37)(H,27,38)(H,28,34)(H,29,35)(H,30,36)(H,39,40)/t10-,11-,12-/m0/s1. The van der Waals surface area contributed by atoms with Crippen LogP contribution < -0.4 is 48.3 Å². The monoisotopic (exact) mass is 573 g/mol. The van der Waals surface area contributed by atoms with E-state index in [1.807, 2.05) is 0 Å². The van der Waals surface area contributed by atoms with Crippen LogP contribution in [0.4, 0.5) is 0 Å². The highest BCUT2D eigenvalue weighted by molar-refractivity contribution is 5.94. The molecule has 3 atom stereocenters. The van der Waals surface area contributed by atoms with Gasteiger partial charge in [-0.3, -0.25) is 43.2 Å². The smallest absolute Gasteiger partial charge is 0.325 e. The van der Waals surface area contributed by atoms with Crippen molar-refractivity contribution in [3.63, 3.8) is 0 Å². The van der Waals surface area contributed by atoms with Gasteiger partial charge in [-0.05, 0) is 20.8 Å². The Labute approximate surface area is 228 Å².